The molecule has 2 aliphatic rings. The van der Waals surface area contributed by atoms with Crippen LogP contribution in [0, 0.1) is 5.92 Å². The minimum atomic E-state index is -0.887. The molecule has 15 heavy (non-hydrogen) atoms. The Kier molecular flexibility index (Phi) is 1.35. The number of carbonyl (C=O) groups excluding carboxylic acids is 1. The fourth-order valence-corrected chi connectivity index (χ4v) is 2.45. The van der Waals surface area contributed by atoms with Gasteiger partial charge in [0.25, 0.3) is 0 Å². The predicted molar refractivity (Wildman–Crippen MR) is 52.5 cm³/mol. The lowest BCUT2D eigenvalue weighted by Crippen LogP contribution is -2.23. The smallest absolute Gasteiger partial charge is 0.307 e. The van der Waals surface area contributed by atoms with Crippen LogP contribution in [0.15, 0.2) is 24.3 Å². The standard InChI is InChI=1S/C11H9NO3/c13-9(14)7-5-11(7)6-3-1-2-4-8(6)12-10(11)15/h1-4,7H,5H2,(H,12,15)(H,13,14)/t7-,11+/m1/s1. The quantitative estimate of drug-likeness (QED) is 0.715. The summed E-state index contributed by atoms with van der Waals surface area (Å²) in [7, 11) is 0. The average molecular weight is 203 g/mol. The third kappa shape index (κ3) is 0.862. The van der Waals surface area contributed by atoms with E-state index in [0.29, 0.717) is 6.42 Å². The summed E-state index contributed by atoms with van der Waals surface area (Å²) < 4.78 is 0. The second kappa shape index (κ2) is 2.39. The van der Waals surface area contributed by atoms with Gasteiger partial charge in [0.05, 0.1) is 11.3 Å². The molecule has 76 valence electrons. The Bertz CT molecular complexity index is 482. The van der Waals surface area contributed by atoms with E-state index >= 15 is 0 Å². The van der Waals surface area contributed by atoms with Gasteiger partial charge in [-0.05, 0) is 18.1 Å². The highest BCUT2D eigenvalue weighted by Crippen LogP contribution is 2.59. The number of fused-ring (bicyclic) bond motifs is 2. The summed E-state index contributed by atoms with van der Waals surface area (Å²) >= 11 is 0. The van der Waals surface area contributed by atoms with Crippen molar-refractivity contribution in [1.82, 2.24) is 0 Å². The van der Waals surface area contributed by atoms with Gasteiger partial charge in [-0.1, -0.05) is 18.2 Å². The highest BCUT2D eigenvalue weighted by Gasteiger charge is 2.68. The second-order valence-electron chi connectivity index (χ2n) is 4.07. The topological polar surface area (TPSA) is 66.4 Å². The maximum Gasteiger partial charge on any atom is 0.307 e. The highest BCUT2D eigenvalue weighted by atomic mass is 16.4. The number of aliphatic carboxylic acids is 1. The molecule has 1 heterocycles. The first-order valence-electron chi connectivity index (χ1n) is 4.80. The van der Waals surface area contributed by atoms with Crippen molar-refractivity contribution in [3.8, 4) is 0 Å². The molecule has 1 saturated carbocycles. The number of para-hydroxylation sites is 1. The van der Waals surface area contributed by atoms with Gasteiger partial charge >= 0.3 is 5.97 Å². The van der Waals surface area contributed by atoms with Crippen molar-refractivity contribution >= 4 is 17.6 Å². The normalized spacial score (nSPS) is 31.2. The lowest BCUT2D eigenvalue weighted by atomic mass is 9.95. The molecule has 4 heteroatoms. The van der Waals surface area contributed by atoms with Gasteiger partial charge in [0.1, 0.15) is 0 Å². The SMILES string of the molecule is O=C(O)[C@H]1C[C@@]12C(=O)Nc1ccccc12. The van der Waals surface area contributed by atoms with Crippen molar-refractivity contribution in [2.75, 3.05) is 5.32 Å². The molecule has 0 radical (unpaired) electrons. The van der Waals surface area contributed by atoms with Gasteiger partial charge in [-0.25, -0.2) is 0 Å². The number of amides is 1. The molecular formula is C11H9NO3. The molecule has 1 aliphatic heterocycles. The molecule has 0 aromatic heterocycles. The van der Waals surface area contributed by atoms with Crippen molar-refractivity contribution in [1.29, 1.82) is 0 Å². The lowest BCUT2D eigenvalue weighted by Gasteiger charge is -2.04. The molecule has 1 amide bonds. The summed E-state index contributed by atoms with van der Waals surface area (Å²) in [6.45, 7) is 0. The lowest BCUT2D eigenvalue weighted by molar-refractivity contribution is -0.140. The summed E-state index contributed by atoms with van der Waals surface area (Å²) in [5, 5.41) is 11.7. The van der Waals surface area contributed by atoms with Crippen molar-refractivity contribution in [2.24, 2.45) is 5.92 Å². The van der Waals surface area contributed by atoms with Crippen molar-refractivity contribution in [2.45, 2.75) is 11.8 Å². The number of rotatable bonds is 1. The number of carboxylic acids is 1. The fraction of sp³-hybridized carbons (Fsp3) is 0.273. The van der Waals surface area contributed by atoms with E-state index in [1.165, 1.54) is 0 Å². The zero-order valence-electron chi connectivity index (χ0n) is 7.86. The van der Waals surface area contributed by atoms with E-state index in [-0.39, 0.29) is 5.91 Å². The molecule has 1 aromatic carbocycles. The van der Waals surface area contributed by atoms with Gasteiger partial charge in [0, 0.05) is 5.69 Å². The molecular weight excluding hydrogens is 194 g/mol. The van der Waals surface area contributed by atoms with Crippen LogP contribution in [-0.4, -0.2) is 17.0 Å². The fourth-order valence-electron chi connectivity index (χ4n) is 2.45. The van der Waals surface area contributed by atoms with Gasteiger partial charge in [0.2, 0.25) is 5.91 Å². The van der Waals surface area contributed by atoms with Crippen LogP contribution in [0.5, 0.6) is 0 Å². The number of nitrogens with one attached hydrogen (secondary N) is 1. The Morgan fingerprint density at radius 3 is 2.87 bits per heavy atom. The molecule has 0 unspecified atom stereocenters. The Morgan fingerprint density at radius 1 is 1.47 bits per heavy atom. The van der Waals surface area contributed by atoms with Crippen LogP contribution in [0.4, 0.5) is 5.69 Å². The number of carbonyl (C=O) groups is 2. The van der Waals surface area contributed by atoms with Crippen molar-refractivity contribution in [3.05, 3.63) is 29.8 Å². The van der Waals surface area contributed by atoms with Crippen LogP contribution < -0.4 is 5.32 Å². The van der Waals surface area contributed by atoms with Gasteiger partial charge < -0.3 is 10.4 Å². The van der Waals surface area contributed by atoms with Crippen LogP contribution >= 0.6 is 0 Å². The van der Waals surface area contributed by atoms with E-state index in [1.807, 2.05) is 18.2 Å². The third-order valence-electron chi connectivity index (χ3n) is 3.32. The van der Waals surface area contributed by atoms with Gasteiger partial charge in [0.15, 0.2) is 0 Å². The minimum Gasteiger partial charge on any atom is -0.481 e. The maximum atomic E-state index is 11.8. The van der Waals surface area contributed by atoms with Crippen molar-refractivity contribution < 1.29 is 14.7 Å². The van der Waals surface area contributed by atoms with Crippen LogP contribution in [0.1, 0.15) is 12.0 Å². The van der Waals surface area contributed by atoms with Gasteiger partial charge in [-0.3, -0.25) is 9.59 Å². The molecule has 0 bridgehead atoms. The number of anilines is 1. The van der Waals surface area contributed by atoms with Crippen LogP contribution in [0.3, 0.4) is 0 Å². The molecule has 1 aromatic rings. The van der Waals surface area contributed by atoms with Crippen LogP contribution in [-0.2, 0) is 15.0 Å². The van der Waals surface area contributed by atoms with E-state index in [0.717, 1.165) is 11.3 Å². The number of hydrogen-bond donors (Lipinski definition) is 2. The van der Waals surface area contributed by atoms with Gasteiger partial charge in [-0.15, -0.1) is 0 Å². The number of carboxylic acid groups (broad SMARTS) is 1. The van der Waals surface area contributed by atoms with Gasteiger partial charge in [-0.2, -0.15) is 0 Å². The minimum absolute atomic E-state index is 0.170. The summed E-state index contributed by atoms with van der Waals surface area (Å²) in [4.78, 5) is 22.7. The van der Waals surface area contributed by atoms with E-state index < -0.39 is 17.3 Å². The molecule has 3 rings (SSSR count). The van der Waals surface area contributed by atoms with Crippen LogP contribution in [0.2, 0.25) is 0 Å². The molecule has 0 saturated heterocycles. The molecule has 1 aliphatic carbocycles. The van der Waals surface area contributed by atoms with Crippen LogP contribution in [0.25, 0.3) is 0 Å². The first kappa shape index (κ1) is 8.47. The summed E-state index contributed by atoms with van der Waals surface area (Å²) in [6.07, 6.45) is 0.422. The molecule has 2 N–H and O–H groups in total. The molecule has 1 spiro atoms. The number of hydrogen-bond acceptors (Lipinski definition) is 2. The van der Waals surface area contributed by atoms with E-state index in [4.69, 9.17) is 5.11 Å². The van der Waals surface area contributed by atoms with E-state index in [1.54, 1.807) is 6.07 Å². The van der Waals surface area contributed by atoms with E-state index in [9.17, 15) is 9.59 Å². The monoisotopic (exact) mass is 203 g/mol. The third-order valence-corrected chi connectivity index (χ3v) is 3.32. The Morgan fingerprint density at radius 2 is 2.20 bits per heavy atom. The zero-order valence-corrected chi connectivity index (χ0v) is 7.86. The zero-order chi connectivity index (χ0) is 10.6. The Labute approximate surface area is 85.9 Å². The highest BCUT2D eigenvalue weighted by molar-refractivity contribution is 6.11. The van der Waals surface area contributed by atoms with E-state index in [2.05, 4.69) is 5.32 Å². The Balaban J connectivity index is 2.13. The average Bonchev–Trinajstić information content (AvgIpc) is 2.88. The first-order chi connectivity index (χ1) is 7.16. The van der Waals surface area contributed by atoms with Crippen molar-refractivity contribution in [3.63, 3.8) is 0 Å². The second-order valence-corrected chi connectivity index (χ2v) is 4.07. The first-order valence-corrected chi connectivity index (χ1v) is 4.80. The summed E-state index contributed by atoms with van der Waals surface area (Å²) in [5.41, 5.74) is 0.816. The molecule has 4 nitrogen and oxygen atoms in total. The summed E-state index contributed by atoms with van der Waals surface area (Å²) in [6, 6.07) is 7.30. The maximum absolute atomic E-state index is 11.8. The molecule has 2 atom stereocenters. The summed E-state index contributed by atoms with van der Waals surface area (Å²) in [5.74, 6) is -1.61. The molecule has 1 fully saturated rings. The largest absolute Gasteiger partial charge is 0.481 e. The Hall–Kier alpha value is -1.84. The predicted octanol–water partition coefficient (Wildman–Crippen LogP) is 0.981. The number of benzene rings is 1.